The van der Waals surface area contributed by atoms with Crippen LogP contribution in [-0.2, 0) is 27.3 Å². The molecule has 0 aromatic heterocycles. The number of hydrogen-bond donors (Lipinski definition) is 1. The molecule has 1 N–H and O–H groups in total. The average Bonchev–Trinajstić information content (AvgIpc) is 2.83. The molecule has 0 bridgehead atoms. The van der Waals surface area contributed by atoms with E-state index in [4.69, 9.17) is 9.47 Å². The number of nitrogens with one attached hydrogen (secondary N) is 1. The zero-order valence-electron chi connectivity index (χ0n) is 19.0. The van der Waals surface area contributed by atoms with Crippen molar-refractivity contribution < 1.29 is 19.1 Å². The molecule has 1 aliphatic rings. The minimum atomic E-state index is -0.585. The molecule has 1 aliphatic heterocycles. The molecular weight excluding hydrogens is 406 g/mol. The number of morpholine rings is 1. The summed E-state index contributed by atoms with van der Waals surface area (Å²) >= 11 is 0. The highest BCUT2D eigenvalue weighted by molar-refractivity contribution is 5.88. The van der Waals surface area contributed by atoms with Crippen molar-refractivity contribution in [3.05, 3.63) is 65.7 Å². The van der Waals surface area contributed by atoms with Gasteiger partial charge in [-0.3, -0.25) is 14.5 Å². The van der Waals surface area contributed by atoms with Crippen LogP contribution in [0, 0.1) is 0 Å². The highest BCUT2D eigenvalue weighted by Crippen LogP contribution is 2.16. The van der Waals surface area contributed by atoms with E-state index in [-0.39, 0.29) is 18.2 Å². The highest BCUT2D eigenvalue weighted by atomic mass is 16.5. The summed E-state index contributed by atoms with van der Waals surface area (Å²) in [4.78, 5) is 30.0. The predicted octanol–water partition coefficient (Wildman–Crippen LogP) is 2.10. The summed E-state index contributed by atoms with van der Waals surface area (Å²) in [6.07, 6.45) is 0.252. The van der Waals surface area contributed by atoms with Gasteiger partial charge in [0.15, 0.2) is 0 Å². The summed E-state index contributed by atoms with van der Waals surface area (Å²) < 4.78 is 10.6. The van der Waals surface area contributed by atoms with E-state index in [9.17, 15) is 9.59 Å². The third kappa shape index (κ3) is 7.07. The quantitative estimate of drug-likeness (QED) is 0.614. The number of ether oxygens (including phenoxy) is 2. The smallest absolute Gasteiger partial charge is 0.242 e. The summed E-state index contributed by atoms with van der Waals surface area (Å²) in [7, 11) is 1.62. The van der Waals surface area contributed by atoms with Gasteiger partial charge in [0.1, 0.15) is 11.8 Å². The first-order chi connectivity index (χ1) is 15.6. The van der Waals surface area contributed by atoms with Gasteiger partial charge in [-0.2, -0.15) is 0 Å². The molecule has 2 aromatic carbocycles. The molecule has 1 saturated heterocycles. The zero-order chi connectivity index (χ0) is 22.8. The summed E-state index contributed by atoms with van der Waals surface area (Å²) in [5.74, 6) is 0.529. The number of carbonyl (C=O) groups excluding carboxylic acids is 2. The SMILES string of the molecule is COc1ccc(CN(C(=O)Cc2ccccc2)C(C)C(=O)NCCN2CCOCC2)cc1. The van der Waals surface area contributed by atoms with E-state index >= 15 is 0 Å². The van der Waals surface area contributed by atoms with Crippen molar-refractivity contribution >= 4 is 11.8 Å². The van der Waals surface area contributed by atoms with Gasteiger partial charge in [0.2, 0.25) is 11.8 Å². The van der Waals surface area contributed by atoms with E-state index in [1.807, 2.05) is 54.6 Å². The van der Waals surface area contributed by atoms with Gasteiger partial charge in [0, 0.05) is 32.7 Å². The Bertz CT molecular complexity index is 851. The van der Waals surface area contributed by atoms with Crippen molar-refractivity contribution in [1.82, 2.24) is 15.1 Å². The molecule has 1 heterocycles. The van der Waals surface area contributed by atoms with Crippen molar-refractivity contribution in [2.24, 2.45) is 0 Å². The molecule has 1 unspecified atom stereocenters. The van der Waals surface area contributed by atoms with Crippen LogP contribution in [0.5, 0.6) is 5.75 Å². The Kier molecular flexibility index (Phi) is 9.07. The topological polar surface area (TPSA) is 71.1 Å². The van der Waals surface area contributed by atoms with E-state index in [1.165, 1.54) is 0 Å². The van der Waals surface area contributed by atoms with Crippen LogP contribution in [0.25, 0.3) is 0 Å². The van der Waals surface area contributed by atoms with Gasteiger partial charge >= 0.3 is 0 Å². The van der Waals surface area contributed by atoms with Crippen LogP contribution in [0.3, 0.4) is 0 Å². The first kappa shape index (κ1) is 23.8. The Balaban J connectivity index is 1.64. The number of amides is 2. The summed E-state index contributed by atoms with van der Waals surface area (Å²) in [5.41, 5.74) is 1.87. The Hall–Kier alpha value is -2.90. The molecule has 0 aliphatic carbocycles. The second kappa shape index (κ2) is 12.2. The van der Waals surface area contributed by atoms with E-state index < -0.39 is 6.04 Å². The summed E-state index contributed by atoms with van der Waals surface area (Å²) in [6.45, 7) is 6.69. The molecule has 7 nitrogen and oxygen atoms in total. The molecule has 2 aromatic rings. The number of nitrogens with zero attached hydrogens (tertiary/aromatic N) is 2. The third-order valence-electron chi connectivity index (χ3n) is 5.71. The zero-order valence-corrected chi connectivity index (χ0v) is 19.0. The average molecular weight is 440 g/mol. The third-order valence-corrected chi connectivity index (χ3v) is 5.71. The van der Waals surface area contributed by atoms with E-state index in [0.29, 0.717) is 13.1 Å². The van der Waals surface area contributed by atoms with Gasteiger partial charge in [-0.25, -0.2) is 0 Å². The first-order valence-electron chi connectivity index (χ1n) is 11.1. The van der Waals surface area contributed by atoms with Crippen LogP contribution in [0.4, 0.5) is 0 Å². The Labute approximate surface area is 190 Å². The number of benzene rings is 2. The normalized spacial score (nSPS) is 15.1. The fourth-order valence-electron chi connectivity index (χ4n) is 3.69. The monoisotopic (exact) mass is 439 g/mol. The van der Waals surface area contributed by atoms with Crippen molar-refractivity contribution in [3.63, 3.8) is 0 Å². The lowest BCUT2D eigenvalue weighted by atomic mass is 10.1. The van der Waals surface area contributed by atoms with Crippen LogP contribution in [0.1, 0.15) is 18.1 Å². The number of rotatable bonds is 10. The van der Waals surface area contributed by atoms with E-state index in [0.717, 1.165) is 49.7 Å². The fourth-order valence-corrected chi connectivity index (χ4v) is 3.69. The van der Waals surface area contributed by atoms with E-state index in [1.54, 1.807) is 18.9 Å². The Morgan fingerprint density at radius 2 is 1.75 bits per heavy atom. The lowest BCUT2D eigenvalue weighted by molar-refractivity contribution is -0.140. The maximum absolute atomic E-state index is 13.2. The van der Waals surface area contributed by atoms with Gasteiger partial charge < -0.3 is 19.7 Å². The molecule has 0 saturated carbocycles. The maximum Gasteiger partial charge on any atom is 0.242 e. The molecule has 1 atom stereocenters. The number of carbonyl (C=O) groups is 2. The summed E-state index contributed by atoms with van der Waals surface area (Å²) in [5, 5.41) is 3.00. The Morgan fingerprint density at radius 3 is 2.41 bits per heavy atom. The van der Waals surface area contributed by atoms with Crippen LogP contribution in [0.15, 0.2) is 54.6 Å². The minimum absolute atomic E-state index is 0.0807. The van der Waals surface area contributed by atoms with E-state index in [2.05, 4.69) is 10.2 Å². The Morgan fingerprint density at radius 1 is 1.06 bits per heavy atom. The van der Waals surface area contributed by atoms with Crippen molar-refractivity contribution in [2.75, 3.05) is 46.5 Å². The molecule has 0 radical (unpaired) electrons. The molecular formula is C25H33N3O4. The van der Waals surface area contributed by atoms with Crippen LogP contribution in [-0.4, -0.2) is 74.2 Å². The van der Waals surface area contributed by atoms with Crippen LogP contribution >= 0.6 is 0 Å². The van der Waals surface area contributed by atoms with Gasteiger partial charge in [-0.1, -0.05) is 42.5 Å². The van der Waals surface area contributed by atoms with Gasteiger partial charge in [-0.15, -0.1) is 0 Å². The molecule has 2 amide bonds. The molecule has 172 valence electrons. The lowest BCUT2D eigenvalue weighted by Crippen LogP contribution is -2.49. The number of hydrogen-bond acceptors (Lipinski definition) is 5. The molecule has 7 heteroatoms. The number of methoxy groups -OCH3 is 1. The minimum Gasteiger partial charge on any atom is -0.497 e. The maximum atomic E-state index is 13.2. The second-order valence-corrected chi connectivity index (χ2v) is 7.95. The lowest BCUT2D eigenvalue weighted by Gasteiger charge is -2.30. The van der Waals surface area contributed by atoms with Crippen LogP contribution < -0.4 is 10.1 Å². The fraction of sp³-hybridized carbons (Fsp3) is 0.440. The van der Waals surface area contributed by atoms with Crippen molar-refractivity contribution in [3.8, 4) is 5.75 Å². The van der Waals surface area contributed by atoms with Crippen LogP contribution in [0.2, 0.25) is 0 Å². The molecule has 0 spiro atoms. The standard InChI is InChI=1S/C25H33N3O4/c1-20(25(30)26-12-13-27-14-16-32-17-15-27)28(19-22-8-10-23(31-2)11-9-22)24(29)18-21-6-4-3-5-7-21/h3-11,20H,12-19H2,1-2H3,(H,26,30). The van der Waals surface area contributed by atoms with Crippen molar-refractivity contribution in [1.29, 1.82) is 0 Å². The highest BCUT2D eigenvalue weighted by Gasteiger charge is 2.26. The van der Waals surface area contributed by atoms with Gasteiger partial charge in [-0.05, 0) is 30.2 Å². The second-order valence-electron chi connectivity index (χ2n) is 7.95. The first-order valence-corrected chi connectivity index (χ1v) is 11.1. The van der Waals surface area contributed by atoms with Crippen molar-refractivity contribution in [2.45, 2.75) is 25.9 Å². The van der Waals surface area contributed by atoms with Gasteiger partial charge in [0.25, 0.3) is 0 Å². The largest absolute Gasteiger partial charge is 0.497 e. The predicted molar refractivity (Wildman–Crippen MR) is 123 cm³/mol. The van der Waals surface area contributed by atoms with Gasteiger partial charge in [0.05, 0.1) is 26.7 Å². The summed E-state index contributed by atoms with van der Waals surface area (Å²) in [6, 6.07) is 16.6. The molecule has 1 fully saturated rings. The molecule has 32 heavy (non-hydrogen) atoms. The molecule has 3 rings (SSSR count).